The van der Waals surface area contributed by atoms with Gasteiger partial charge in [-0.1, -0.05) is 24.3 Å². The molecule has 1 aromatic rings. The van der Waals surface area contributed by atoms with Crippen molar-refractivity contribution >= 4 is 12.3 Å². The van der Waals surface area contributed by atoms with Gasteiger partial charge in [0.05, 0.1) is 13.5 Å². The molecule has 1 aromatic carbocycles. The zero-order valence-corrected chi connectivity index (χ0v) is 8.03. The molecule has 3 heteroatoms. The molecule has 0 bridgehead atoms. The van der Waals surface area contributed by atoms with Gasteiger partial charge in [-0.25, -0.2) is 0 Å². The van der Waals surface area contributed by atoms with Crippen LogP contribution in [-0.2, 0) is 27.2 Å². The third-order valence-electron chi connectivity index (χ3n) is 1.92. The molecule has 14 heavy (non-hydrogen) atoms. The summed E-state index contributed by atoms with van der Waals surface area (Å²) in [6, 6.07) is 7.34. The molecule has 0 atom stereocenters. The molecular formula is C11H12O3. The number of hydrogen-bond acceptors (Lipinski definition) is 3. The summed E-state index contributed by atoms with van der Waals surface area (Å²) in [5.74, 6) is -0.256. The summed E-state index contributed by atoms with van der Waals surface area (Å²) in [5, 5.41) is 0. The Bertz CT molecular complexity index is 314. The normalized spacial score (nSPS) is 9.50. The molecule has 0 spiro atoms. The first kappa shape index (κ1) is 10.4. The van der Waals surface area contributed by atoms with Crippen LogP contribution in [0.25, 0.3) is 0 Å². The Balaban J connectivity index is 2.63. The number of carbonyl (C=O) groups is 2. The topological polar surface area (TPSA) is 43.4 Å². The SMILES string of the molecule is COC(=O)Cc1ccc(CC=O)cc1. The molecule has 0 radical (unpaired) electrons. The molecule has 0 aliphatic heterocycles. The van der Waals surface area contributed by atoms with E-state index in [2.05, 4.69) is 4.74 Å². The molecule has 0 aliphatic rings. The van der Waals surface area contributed by atoms with Crippen LogP contribution in [0.2, 0.25) is 0 Å². The fourth-order valence-electron chi connectivity index (χ4n) is 1.13. The lowest BCUT2D eigenvalue weighted by Gasteiger charge is -2.00. The summed E-state index contributed by atoms with van der Waals surface area (Å²) in [6.45, 7) is 0. The van der Waals surface area contributed by atoms with Crippen molar-refractivity contribution in [1.29, 1.82) is 0 Å². The first-order valence-corrected chi connectivity index (χ1v) is 4.34. The molecular weight excluding hydrogens is 180 g/mol. The molecule has 0 saturated carbocycles. The first-order chi connectivity index (χ1) is 6.76. The number of aldehydes is 1. The van der Waals surface area contributed by atoms with Crippen molar-refractivity contribution in [3.63, 3.8) is 0 Å². The number of benzene rings is 1. The van der Waals surface area contributed by atoms with E-state index in [1.807, 2.05) is 24.3 Å². The van der Waals surface area contributed by atoms with Gasteiger partial charge in [0.15, 0.2) is 0 Å². The minimum absolute atomic E-state index is 0.256. The predicted octanol–water partition coefficient (Wildman–Crippen LogP) is 1.14. The lowest BCUT2D eigenvalue weighted by Crippen LogP contribution is -2.04. The number of carbonyl (C=O) groups excluding carboxylic acids is 2. The van der Waals surface area contributed by atoms with E-state index in [0.29, 0.717) is 6.42 Å². The highest BCUT2D eigenvalue weighted by Crippen LogP contribution is 2.05. The molecule has 0 heterocycles. The summed E-state index contributed by atoms with van der Waals surface area (Å²) in [6.07, 6.45) is 1.55. The van der Waals surface area contributed by atoms with Crippen molar-refractivity contribution in [3.8, 4) is 0 Å². The van der Waals surface area contributed by atoms with Gasteiger partial charge in [-0.3, -0.25) is 4.79 Å². The van der Waals surface area contributed by atoms with E-state index < -0.39 is 0 Å². The van der Waals surface area contributed by atoms with Crippen LogP contribution in [0.5, 0.6) is 0 Å². The third-order valence-corrected chi connectivity index (χ3v) is 1.92. The van der Waals surface area contributed by atoms with Crippen LogP contribution in [0.15, 0.2) is 24.3 Å². The van der Waals surface area contributed by atoms with Gasteiger partial charge in [-0.2, -0.15) is 0 Å². The zero-order valence-electron chi connectivity index (χ0n) is 8.03. The Morgan fingerprint density at radius 2 is 1.86 bits per heavy atom. The lowest BCUT2D eigenvalue weighted by atomic mass is 10.1. The average Bonchev–Trinajstić information content (AvgIpc) is 2.21. The van der Waals surface area contributed by atoms with Gasteiger partial charge in [-0.05, 0) is 11.1 Å². The van der Waals surface area contributed by atoms with E-state index in [-0.39, 0.29) is 12.4 Å². The van der Waals surface area contributed by atoms with Gasteiger partial charge in [0.2, 0.25) is 0 Å². The standard InChI is InChI=1S/C11H12O3/c1-14-11(13)8-10-4-2-9(3-5-10)6-7-12/h2-5,7H,6,8H2,1H3. The minimum atomic E-state index is -0.256. The second kappa shape index (κ2) is 5.17. The van der Waals surface area contributed by atoms with Crippen LogP contribution >= 0.6 is 0 Å². The second-order valence-electron chi connectivity index (χ2n) is 2.94. The van der Waals surface area contributed by atoms with Crippen molar-refractivity contribution in [1.82, 2.24) is 0 Å². The molecule has 0 aromatic heterocycles. The summed E-state index contributed by atoms with van der Waals surface area (Å²) in [4.78, 5) is 21.1. The Morgan fingerprint density at radius 1 is 1.29 bits per heavy atom. The van der Waals surface area contributed by atoms with Gasteiger partial charge >= 0.3 is 5.97 Å². The molecule has 74 valence electrons. The number of esters is 1. The van der Waals surface area contributed by atoms with E-state index in [0.717, 1.165) is 17.4 Å². The lowest BCUT2D eigenvalue weighted by molar-refractivity contribution is -0.139. The monoisotopic (exact) mass is 192 g/mol. The maximum absolute atomic E-state index is 10.9. The first-order valence-electron chi connectivity index (χ1n) is 4.34. The summed E-state index contributed by atoms with van der Waals surface area (Å²) >= 11 is 0. The zero-order chi connectivity index (χ0) is 10.4. The van der Waals surface area contributed by atoms with Crippen molar-refractivity contribution in [2.45, 2.75) is 12.8 Å². The van der Waals surface area contributed by atoms with Crippen LogP contribution in [0.3, 0.4) is 0 Å². The number of rotatable bonds is 4. The van der Waals surface area contributed by atoms with Gasteiger partial charge in [-0.15, -0.1) is 0 Å². The largest absolute Gasteiger partial charge is 0.469 e. The van der Waals surface area contributed by atoms with Crippen molar-refractivity contribution < 1.29 is 14.3 Å². The van der Waals surface area contributed by atoms with E-state index in [1.165, 1.54) is 7.11 Å². The molecule has 0 unspecified atom stereocenters. The molecule has 0 amide bonds. The van der Waals surface area contributed by atoms with Gasteiger partial charge in [0.1, 0.15) is 6.29 Å². The molecule has 1 rings (SSSR count). The maximum Gasteiger partial charge on any atom is 0.309 e. The molecule has 0 aliphatic carbocycles. The van der Waals surface area contributed by atoms with Crippen molar-refractivity contribution in [2.75, 3.05) is 7.11 Å². The molecule has 0 fully saturated rings. The van der Waals surface area contributed by atoms with E-state index in [9.17, 15) is 9.59 Å². The number of hydrogen-bond donors (Lipinski definition) is 0. The predicted molar refractivity (Wildman–Crippen MR) is 51.9 cm³/mol. The van der Waals surface area contributed by atoms with Crippen LogP contribution in [0.4, 0.5) is 0 Å². The van der Waals surface area contributed by atoms with Gasteiger partial charge in [0.25, 0.3) is 0 Å². The van der Waals surface area contributed by atoms with Gasteiger partial charge < -0.3 is 9.53 Å². The highest BCUT2D eigenvalue weighted by Gasteiger charge is 2.01. The van der Waals surface area contributed by atoms with Crippen LogP contribution in [0, 0.1) is 0 Å². The van der Waals surface area contributed by atoms with Crippen LogP contribution in [-0.4, -0.2) is 19.4 Å². The summed E-state index contributed by atoms with van der Waals surface area (Å²) in [7, 11) is 1.36. The van der Waals surface area contributed by atoms with Crippen LogP contribution < -0.4 is 0 Å². The quantitative estimate of drug-likeness (QED) is 0.530. The molecule has 3 nitrogen and oxygen atoms in total. The van der Waals surface area contributed by atoms with Crippen molar-refractivity contribution in [3.05, 3.63) is 35.4 Å². The van der Waals surface area contributed by atoms with E-state index in [1.54, 1.807) is 0 Å². The van der Waals surface area contributed by atoms with E-state index in [4.69, 9.17) is 0 Å². The van der Waals surface area contributed by atoms with Crippen molar-refractivity contribution in [2.24, 2.45) is 0 Å². The number of ether oxygens (including phenoxy) is 1. The minimum Gasteiger partial charge on any atom is -0.469 e. The average molecular weight is 192 g/mol. The smallest absolute Gasteiger partial charge is 0.309 e. The Labute approximate surface area is 82.7 Å². The second-order valence-corrected chi connectivity index (χ2v) is 2.94. The highest BCUT2D eigenvalue weighted by atomic mass is 16.5. The summed E-state index contributed by atoms with van der Waals surface area (Å²) < 4.78 is 4.54. The highest BCUT2D eigenvalue weighted by molar-refractivity contribution is 5.72. The summed E-state index contributed by atoms with van der Waals surface area (Å²) in [5.41, 5.74) is 1.85. The Hall–Kier alpha value is -1.64. The fourth-order valence-corrected chi connectivity index (χ4v) is 1.13. The van der Waals surface area contributed by atoms with Crippen LogP contribution in [0.1, 0.15) is 11.1 Å². The van der Waals surface area contributed by atoms with E-state index >= 15 is 0 Å². The number of methoxy groups -OCH3 is 1. The molecule has 0 N–H and O–H groups in total. The van der Waals surface area contributed by atoms with Gasteiger partial charge in [0, 0.05) is 6.42 Å². The Kier molecular flexibility index (Phi) is 3.85. The third kappa shape index (κ3) is 3.01. The molecule has 0 saturated heterocycles. The Morgan fingerprint density at radius 3 is 2.36 bits per heavy atom. The maximum atomic E-state index is 10.9. The fraction of sp³-hybridized carbons (Fsp3) is 0.273.